The Morgan fingerprint density at radius 2 is 1.75 bits per heavy atom. The molecule has 1 aliphatic heterocycles. The van der Waals surface area contributed by atoms with Crippen LogP contribution in [-0.4, -0.2) is 39.0 Å². The Morgan fingerprint density at radius 1 is 1.15 bits per heavy atom. The molecule has 0 radical (unpaired) electrons. The predicted octanol–water partition coefficient (Wildman–Crippen LogP) is 1.87. The predicted molar refractivity (Wildman–Crippen MR) is 70.5 cm³/mol. The fraction of sp³-hybridized carbons (Fsp3) is 0.500. The van der Waals surface area contributed by atoms with Gasteiger partial charge in [-0.1, -0.05) is 0 Å². The first kappa shape index (κ1) is 14.5. The van der Waals surface area contributed by atoms with E-state index >= 15 is 0 Å². The molecule has 1 saturated heterocycles. The fourth-order valence-corrected chi connectivity index (χ4v) is 2.42. The second kappa shape index (κ2) is 6.00. The highest BCUT2D eigenvalue weighted by Crippen LogP contribution is 2.43. The molecular weight excluding hydrogens is 264 g/mol. The second-order valence-corrected chi connectivity index (χ2v) is 4.47. The summed E-state index contributed by atoms with van der Waals surface area (Å²) in [6.45, 7) is 0.416. The van der Waals surface area contributed by atoms with Gasteiger partial charge in [0, 0.05) is 18.2 Å². The van der Waals surface area contributed by atoms with E-state index in [0.717, 1.165) is 0 Å². The lowest BCUT2D eigenvalue weighted by Gasteiger charge is -2.20. The van der Waals surface area contributed by atoms with Gasteiger partial charge in [0.15, 0.2) is 11.5 Å². The largest absolute Gasteiger partial charge is 0.496 e. The van der Waals surface area contributed by atoms with E-state index in [1.165, 1.54) is 21.3 Å². The Balaban J connectivity index is 2.46. The van der Waals surface area contributed by atoms with Crippen LogP contribution in [0, 0.1) is 5.92 Å². The summed E-state index contributed by atoms with van der Waals surface area (Å²) >= 11 is 0. The number of hydrogen-bond donors (Lipinski definition) is 1. The van der Waals surface area contributed by atoms with Crippen molar-refractivity contribution in [2.45, 2.75) is 12.5 Å². The number of ether oxygens (including phenoxy) is 4. The van der Waals surface area contributed by atoms with Crippen LogP contribution in [0.15, 0.2) is 12.1 Å². The van der Waals surface area contributed by atoms with Gasteiger partial charge in [-0.2, -0.15) is 0 Å². The SMILES string of the molecule is COc1cc(OC)c(C2OCCC2C(=O)O)cc1OC. The van der Waals surface area contributed by atoms with Crippen LogP contribution in [0.2, 0.25) is 0 Å². The Hall–Kier alpha value is -1.95. The van der Waals surface area contributed by atoms with E-state index in [0.29, 0.717) is 35.8 Å². The first-order chi connectivity index (χ1) is 9.62. The maximum Gasteiger partial charge on any atom is 0.309 e. The summed E-state index contributed by atoms with van der Waals surface area (Å²) in [5, 5.41) is 9.26. The number of carboxylic acids is 1. The minimum atomic E-state index is -0.871. The molecule has 0 aromatic heterocycles. The number of carbonyl (C=O) groups is 1. The molecule has 20 heavy (non-hydrogen) atoms. The molecule has 0 saturated carbocycles. The molecule has 1 heterocycles. The number of benzene rings is 1. The third-order valence-electron chi connectivity index (χ3n) is 3.45. The number of rotatable bonds is 5. The van der Waals surface area contributed by atoms with Gasteiger partial charge in [0.05, 0.1) is 33.4 Å². The zero-order chi connectivity index (χ0) is 14.7. The summed E-state index contributed by atoms with van der Waals surface area (Å²) < 4.78 is 21.3. The highest BCUT2D eigenvalue weighted by Gasteiger charge is 2.37. The van der Waals surface area contributed by atoms with Crippen LogP contribution in [0.25, 0.3) is 0 Å². The molecule has 2 rings (SSSR count). The van der Waals surface area contributed by atoms with Crippen molar-refractivity contribution in [3.8, 4) is 17.2 Å². The van der Waals surface area contributed by atoms with E-state index in [9.17, 15) is 9.90 Å². The third kappa shape index (κ3) is 2.51. The van der Waals surface area contributed by atoms with Gasteiger partial charge in [-0.25, -0.2) is 0 Å². The highest BCUT2D eigenvalue weighted by atomic mass is 16.5. The normalized spacial score (nSPS) is 21.6. The highest BCUT2D eigenvalue weighted by molar-refractivity contribution is 5.72. The van der Waals surface area contributed by atoms with Crippen LogP contribution in [0.4, 0.5) is 0 Å². The van der Waals surface area contributed by atoms with Crippen LogP contribution in [0.5, 0.6) is 17.2 Å². The maximum atomic E-state index is 11.3. The van der Waals surface area contributed by atoms with Crippen LogP contribution < -0.4 is 14.2 Å². The van der Waals surface area contributed by atoms with Gasteiger partial charge < -0.3 is 24.1 Å². The van der Waals surface area contributed by atoms with Crippen LogP contribution in [0.1, 0.15) is 18.1 Å². The molecule has 0 aliphatic carbocycles. The monoisotopic (exact) mass is 282 g/mol. The van der Waals surface area contributed by atoms with Gasteiger partial charge in [-0.3, -0.25) is 4.79 Å². The van der Waals surface area contributed by atoms with Gasteiger partial charge in [-0.15, -0.1) is 0 Å². The average molecular weight is 282 g/mol. The van der Waals surface area contributed by atoms with Gasteiger partial charge in [-0.05, 0) is 12.5 Å². The van der Waals surface area contributed by atoms with Crippen LogP contribution >= 0.6 is 0 Å². The van der Waals surface area contributed by atoms with E-state index < -0.39 is 18.0 Å². The molecule has 0 amide bonds. The summed E-state index contributed by atoms with van der Waals surface area (Å²) in [7, 11) is 4.58. The molecule has 1 aromatic rings. The Kier molecular flexibility index (Phi) is 4.34. The summed E-state index contributed by atoms with van der Waals surface area (Å²) in [6.07, 6.45) is -0.0559. The number of methoxy groups -OCH3 is 3. The molecule has 1 aliphatic rings. The van der Waals surface area contributed by atoms with Gasteiger partial charge in [0.25, 0.3) is 0 Å². The van der Waals surface area contributed by atoms with Crippen molar-refractivity contribution >= 4 is 5.97 Å². The minimum absolute atomic E-state index is 0.416. The van der Waals surface area contributed by atoms with Crippen molar-refractivity contribution in [2.24, 2.45) is 5.92 Å². The summed E-state index contributed by atoms with van der Waals surface area (Å²) in [4.78, 5) is 11.3. The Labute approximate surface area is 117 Å². The number of aliphatic carboxylic acids is 1. The fourth-order valence-electron chi connectivity index (χ4n) is 2.42. The Bertz CT molecular complexity index is 499. The molecule has 1 aromatic carbocycles. The molecule has 110 valence electrons. The topological polar surface area (TPSA) is 74.2 Å². The van der Waals surface area contributed by atoms with E-state index in [2.05, 4.69) is 0 Å². The smallest absolute Gasteiger partial charge is 0.309 e. The van der Waals surface area contributed by atoms with Crippen molar-refractivity contribution in [2.75, 3.05) is 27.9 Å². The molecule has 0 spiro atoms. The molecule has 6 nitrogen and oxygen atoms in total. The van der Waals surface area contributed by atoms with Gasteiger partial charge >= 0.3 is 5.97 Å². The van der Waals surface area contributed by atoms with E-state index in [-0.39, 0.29) is 0 Å². The number of hydrogen-bond acceptors (Lipinski definition) is 5. The zero-order valence-corrected chi connectivity index (χ0v) is 11.7. The lowest BCUT2D eigenvalue weighted by atomic mass is 9.94. The minimum Gasteiger partial charge on any atom is -0.496 e. The van der Waals surface area contributed by atoms with Crippen molar-refractivity contribution in [1.82, 2.24) is 0 Å². The van der Waals surface area contributed by atoms with E-state index in [4.69, 9.17) is 18.9 Å². The summed E-state index contributed by atoms with van der Waals surface area (Å²) in [5.41, 5.74) is 0.662. The average Bonchev–Trinajstić information content (AvgIpc) is 2.95. The van der Waals surface area contributed by atoms with Crippen molar-refractivity contribution in [3.05, 3.63) is 17.7 Å². The molecule has 0 bridgehead atoms. The molecule has 6 heteroatoms. The summed E-state index contributed by atoms with van der Waals surface area (Å²) in [6, 6.07) is 3.39. The van der Waals surface area contributed by atoms with E-state index in [1.54, 1.807) is 12.1 Å². The molecule has 1 fully saturated rings. The van der Waals surface area contributed by atoms with Gasteiger partial charge in [0.2, 0.25) is 0 Å². The third-order valence-corrected chi connectivity index (χ3v) is 3.45. The molecular formula is C14H18O6. The second-order valence-electron chi connectivity index (χ2n) is 4.47. The van der Waals surface area contributed by atoms with Crippen molar-refractivity contribution < 1.29 is 28.8 Å². The van der Waals surface area contributed by atoms with Gasteiger partial charge in [0.1, 0.15) is 5.75 Å². The Morgan fingerprint density at radius 3 is 2.30 bits per heavy atom. The molecule has 2 atom stereocenters. The van der Waals surface area contributed by atoms with Crippen LogP contribution in [-0.2, 0) is 9.53 Å². The lowest BCUT2D eigenvalue weighted by molar-refractivity contribution is -0.143. The molecule has 2 unspecified atom stereocenters. The lowest BCUT2D eigenvalue weighted by Crippen LogP contribution is -2.18. The zero-order valence-electron chi connectivity index (χ0n) is 11.7. The standard InChI is InChI=1S/C14H18O6/c1-17-10-7-12(19-3)11(18-2)6-9(10)13-8(14(15)16)4-5-20-13/h6-8,13H,4-5H2,1-3H3,(H,15,16). The van der Waals surface area contributed by atoms with E-state index in [1.807, 2.05) is 0 Å². The van der Waals surface area contributed by atoms with Crippen LogP contribution in [0.3, 0.4) is 0 Å². The van der Waals surface area contributed by atoms with Crippen molar-refractivity contribution in [3.63, 3.8) is 0 Å². The first-order valence-corrected chi connectivity index (χ1v) is 6.26. The van der Waals surface area contributed by atoms with Crippen molar-refractivity contribution in [1.29, 1.82) is 0 Å². The maximum absolute atomic E-state index is 11.3. The quantitative estimate of drug-likeness (QED) is 0.888. The summed E-state index contributed by atoms with van der Waals surface area (Å²) in [5.74, 6) is 0.119. The molecule has 1 N–H and O–H groups in total. The number of carboxylic acid groups (broad SMARTS) is 1. The first-order valence-electron chi connectivity index (χ1n) is 6.26.